The molecule has 2 aliphatic carbocycles. The summed E-state index contributed by atoms with van der Waals surface area (Å²) in [7, 11) is 0. The number of benzene rings is 10. The summed E-state index contributed by atoms with van der Waals surface area (Å²) in [5, 5.41) is 2.20. The minimum absolute atomic E-state index is 0.00446. The van der Waals surface area contributed by atoms with Crippen molar-refractivity contribution < 1.29 is 4.42 Å². The average molecular weight is 1130 g/mol. The lowest BCUT2D eigenvalue weighted by Gasteiger charge is -2.49. The van der Waals surface area contributed by atoms with Crippen molar-refractivity contribution in [3.05, 3.63) is 261 Å². The molecule has 2 aliphatic heterocycles. The Bertz CT molecular complexity index is 4630. The minimum atomic E-state index is -0.278. The summed E-state index contributed by atoms with van der Waals surface area (Å²) in [5.41, 5.74) is 31.3. The smallest absolute Gasteiger partial charge is 0.252 e. The summed E-state index contributed by atoms with van der Waals surface area (Å²) in [4.78, 5) is 7.79. The van der Waals surface area contributed by atoms with Gasteiger partial charge in [0, 0.05) is 72.5 Å². The van der Waals surface area contributed by atoms with Crippen LogP contribution in [0.5, 0.6) is 0 Å². The molecule has 87 heavy (non-hydrogen) atoms. The van der Waals surface area contributed by atoms with Crippen molar-refractivity contribution in [2.45, 2.75) is 143 Å². The van der Waals surface area contributed by atoms with Crippen LogP contribution in [0.4, 0.5) is 51.2 Å². The average Bonchev–Trinajstić information content (AvgIpc) is 0.799. The fraction of sp³-hybridized carbons (Fsp3) is 0.268. The third-order valence-corrected chi connectivity index (χ3v) is 21.0. The van der Waals surface area contributed by atoms with E-state index in [0.717, 1.165) is 50.4 Å². The fourth-order valence-electron chi connectivity index (χ4n) is 16.2. The molecule has 0 radical (unpaired) electrons. The first kappa shape index (κ1) is 55.1. The van der Waals surface area contributed by atoms with Gasteiger partial charge in [-0.15, -0.1) is 0 Å². The normalized spacial score (nSPS) is 16.3. The summed E-state index contributed by atoms with van der Waals surface area (Å²) >= 11 is 0. The number of hydrogen-bond donors (Lipinski definition) is 0. The fourth-order valence-corrected chi connectivity index (χ4v) is 16.2. The van der Waals surface area contributed by atoms with Crippen LogP contribution in [0.15, 0.2) is 199 Å². The van der Waals surface area contributed by atoms with Crippen molar-refractivity contribution in [1.82, 2.24) is 0 Å². The van der Waals surface area contributed by atoms with Gasteiger partial charge in [0.1, 0.15) is 11.2 Å². The second kappa shape index (κ2) is 18.5. The highest BCUT2D eigenvalue weighted by Crippen LogP contribution is 2.57. The van der Waals surface area contributed by atoms with Gasteiger partial charge in [0.25, 0.3) is 6.71 Å². The van der Waals surface area contributed by atoms with Crippen LogP contribution >= 0.6 is 0 Å². The summed E-state index contributed by atoms with van der Waals surface area (Å²) in [5.74, 6) is 0. The summed E-state index contributed by atoms with van der Waals surface area (Å²) < 4.78 is 6.81. The van der Waals surface area contributed by atoms with E-state index >= 15 is 0 Å². The van der Waals surface area contributed by atoms with Gasteiger partial charge in [0.2, 0.25) is 0 Å². The third kappa shape index (κ3) is 7.96. The van der Waals surface area contributed by atoms with E-state index in [-0.39, 0.29) is 39.2 Å². The molecule has 3 heterocycles. The predicted molar refractivity (Wildman–Crippen MR) is 371 cm³/mol. The Kier molecular flexibility index (Phi) is 11.7. The Morgan fingerprint density at radius 1 is 0.368 bits per heavy atom. The number of aryl methyl sites for hydroxylation is 2. The van der Waals surface area contributed by atoms with E-state index in [1.807, 2.05) is 0 Å². The standard InChI is InChI=1S/C82H80BN3O/c1-49-42-71-76-72(43-49)86(68-47-63-61(44-50(68)2)79(9,10)57-25-18-20-27-59(57)81(63,13)14)70-48-64-62(80(11,12)58-26-19-21-28-60(58)82(64,15)16)46-66(70)83(76)65-41-40-55(45-69(65)85(71)67-29-23-31-74-75(67)56-24-17-22-30-73(56)87-74)84(53-36-32-51(33-37-53)77(3,4)5)54-38-34-52(35-39-54)78(6,7)8/h17-48H,1-16H3. The first-order valence-corrected chi connectivity index (χ1v) is 31.6. The maximum atomic E-state index is 6.81. The molecule has 0 fully saturated rings. The molecular weight excluding hydrogens is 1050 g/mol. The highest BCUT2D eigenvalue weighted by Gasteiger charge is 2.50. The van der Waals surface area contributed by atoms with Crippen molar-refractivity contribution >= 4 is 96.2 Å². The van der Waals surface area contributed by atoms with Crippen molar-refractivity contribution in [3.63, 3.8) is 0 Å². The first-order chi connectivity index (χ1) is 41.3. The lowest BCUT2D eigenvalue weighted by molar-refractivity contribution is 0.520. The third-order valence-electron chi connectivity index (χ3n) is 21.0. The van der Waals surface area contributed by atoms with Gasteiger partial charge in [0.05, 0.1) is 11.1 Å². The van der Waals surface area contributed by atoms with Crippen LogP contribution in [0.2, 0.25) is 0 Å². The van der Waals surface area contributed by atoms with Gasteiger partial charge in [0.15, 0.2) is 0 Å². The molecule has 10 aromatic carbocycles. The Hall–Kier alpha value is -8.54. The van der Waals surface area contributed by atoms with E-state index in [1.165, 1.54) is 106 Å². The summed E-state index contributed by atoms with van der Waals surface area (Å²) in [6.45, 7) is 37.9. The number of fused-ring (bicyclic) bond motifs is 11. The van der Waals surface area contributed by atoms with E-state index in [4.69, 9.17) is 4.42 Å². The summed E-state index contributed by atoms with van der Waals surface area (Å²) in [6, 6.07) is 75.0. The van der Waals surface area contributed by atoms with Gasteiger partial charge in [-0.3, -0.25) is 0 Å². The molecule has 4 aliphatic rings. The molecule has 11 aromatic rings. The molecule has 5 heteroatoms. The number of anilines is 9. The van der Waals surface area contributed by atoms with Crippen molar-refractivity contribution in [2.24, 2.45) is 0 Å². The number of nitrogens with zero attached hydrogens (tertiary/aromatic N) is 3. The van der Waals surface area contributed by atoms with Crippen LogP contribution in [0, 0.1) is 13.8 Å². The van der Waals surface area contributed by atoms with Crippen LogP contribution in [0.25, 0.3) is 21.9 Å². The molecule has 0 unspecified atom stereocenters. The maximum absolute atomic E-state index is 6.81. The van der Waals surface area contributed by atoms with Gasteiger partial charge in [-0.25, -0.2) is 0 Å². The monoisotopic (exact) mass is 1130 g/mol. The zero-order valence-electron chi connectivity index (χ0n) is 53.8. The first-order valence-electron chi connectivity index (χ1n) is 31.6. The van der Waals surface area contributed by atoms with E-state index in [1.54, 1.807) is 0 Å². The molecular formula is C82H80BN3O. The second-order valence-electron chi connectivity index (χ2n) is 30.0. The highest BCUT2D eigenvalue weighted by molar-refractivity contribution is 7.00. The molecule has 1 aromatic heterocycles. The molecule has 0 N–H and O–H groups in total. The SMILES string of the molecule is Cc1cc2c3c(c1)N(c1cccc4oc5ccccc5c14)c1cc(N(c4ccc(C(C)(C)C)cc4)c4ccc(C(C)(C)C)cc4)ccc1B3c1cc3c(cc1N2c1cc2c(cc1C)C(C)(C)c1ccccc1C2(C)C)C(C)(C)c1ccccc1C3(C)C. The van der Waals surface area contributed by atoms with Crippen molar-refractivity contribution in [1.29, 1.82) is 0 Å². The molecule has 15 rings (SSSR count). The molecule has 0 atom stereocenters. The maximum Gasteiger partial charge on any atom is 0.252 e. The molecule has 4 nitrogen and oxygen atoms in total. The van der Waals surface area contributed by atoms with E-state index in [9.17, 15) is 0 Å². The highest BCUT2D eigenvalue weighted by atomic mass is 16.3. The molecule has 432 valence electrons. The Balaban J connectivity index is 1.05. The summed E-state index contributed by atoms with van der Waals surface area (Å²) in [6.07, 6.45) is 0. The van der Waals surface area contributed by atoms with Crippen LogP contribution < -0.4 is 31.1 Å². The number of furan rings is 1. The van der Waals surface area contributed by atoms with Crippen LogP contribution in [0.1, 0.15) is 164 Å². The van der Waals surface area contributed by atoms with Crippen LogP contribution in [0.3, 0.4) is 0 Å². The lowest BCUT2D eigenvalue weighted by Crippen LogP contribution is -2.62. The van der Waals surface area contributed by atoms with Crippen LogP contribution in [-0.4, -0.2) is 6.71 Å². The van der Waals surface area contributed by atoms with Gasteiger partial charge in [-0.05, 0) is 187 Å². The molecule has 0 saturated heterocycles. The second-order valence-corrected chi connectivity index (χ2v) is 30.0. The van der Waals surface area contributed by atoms with Gasteiger partial charge < -0.3 is 19.1 Å². The van der Waals surface area contributed by atoms with E-state index in [0.29, 0.717) is 0 Å². The van der Waals surface area contributed by atoms with Crippen molar-refractivity contribution in [2.75, 3.05) is 14.7 Å². The molecule has 0 bridgehead atoms. The van der Waals surface area contributed by atoms with Crippen LogP contribution in [-0.2, 0) is 32.5 Å². The number of hydrogen-bond acceptors (Lipinski definition) is 4. The largest absolute Gasteiger partial charge is 0.456 e. The topological polar surface area (TPSA) is 22.9 Å². The Morgan fingerprint density at radius 3 is 1.33 bits per heavy atom. The minimum Gasteiger partial charge on any atom is -0.456 e. The zero-order valence-corrected chi connectivity index (χ0v) is 53.8. The van der Waals surface area contributed by atoms with Crippen molar-refractivity contribution in [3.8, 4) is 0 Å². The van der Waals surface area contributed by atoms with Gasteiger partial charge >= 0.3 is 0 Å². The zero-order chi connectivity index (χ0) is 60.8. The van der Waals surface area contributed by atoms with Gasteiger partial charge in [-0.1, -0.05) is 212 Å². The molecule has 0 saturated carbocycles. The van der Waals surface area contributed by atoms with E-state index < -0.39 is 0 Å². The number of para-hydroxylation sites is 1. The van der Waals surface area contributed by atoms with Gasteiger partial charge in [-0.2, -0.15) is 0 Å². The molecule has 0 spiro atoms. The predicted octanol–water partition coefficient (Wildman–Crippen LogP) is 20.3. The molecule has 0 amide bonds. The Labute approximate surface area is 516 Å². The quantitative estimate of drug-likeness (QED) is 0.160. The lowest BCUT2D eigenvalue weighted by atomic mass is 9.33. The Morgan fingerprint density at radius 2 is 0.805 bits per heavy atom. The number of rotatable bonds is 5. The van der Waals surface area contributed by atoms with E-state index in [2.05, 4.69) is 320 Å².